The van der Waals surface area contributed by atoms with Crippen LogP contribution in [-0.2, 0) is 9.59 Å². The zero-order valence-corrected chi connectivity index (χ0v) is 8.67. The van der Waals surface area contributed by atoms with Crippen LogP contribution in [0.25, 0.3) is 0 Å². The predicted molar refractivity (Wildman–Crippen MR) is 58.0 cm³/mol. The quantitative estimate of drug-likeness (QED) is 0.763. The lowest BCUT2D eigenvalue weighted by Gasteiger charge is -2.02. The molecule has 0 saturated heterocycles. The fraction of sp³-hybridized carbons (Fsp3) is 0.0909. The highest BCUT2D eigenvalue weighted by Crippen LogP contribution is 2.34. The van der Waals surface area contributed by atoms with E-state index in [0.29, 0.717) is 17.2 Å². The zero-order valence-electron chi connectivity index (χ0n) is 8.67. The number of hydrogen-bond donors (Lipinski definition) is 2. The molecule has 1 aliphatic rings. The largest absolute Gasteiger partial charge is 0.478 e. The topological polar surface area (TPSA) is 84.9 Å². The molecule has 0 bridgehead atoms. The van der Waals surface area contributed by atoms with E-state index in [1.807, 2.05) is 0 Å². The molecule has 6 nitrogen and oxygen atoms in total. The van der Waals surface area contributed by atoms with E-state index in [4.69, 9.17) is 14.6 Å². The Kier molecular flexibility index (Phi) is 2.95. The highest BCUT2D eigenvalue weighted by Gasteiger charge is 2.13. The van der Waals surface area contributed by atoms with Crippen molar-refractivity contribution in [2.45, 2.75) is 0 Å². The average molecular weight is 235 g/mol. The van der Waals surface area contributed by atoms with Crippen LogP contribution in [-0.4, -0.2) is 23.8 Å². The molecule has 1 heterocycles. The van der Waals surface area contributed by atoms with E-state index in [1.165, 1.54) is 0 Å². The Morgan fingerprint density at radius 3 is 2.76 bits per heavy atom. The molecular weight excluding hydrogens is 226 g/mol. The number of ether oxygens (including phenoxy) is 2. The molecule has 0 atom stereocenters. The highest BCUT2D eigenvalue weighted by molar-refractivity contribution is 6.02. The van der Waals surface area contributed by atoms with Gasteiger partial charge in [0.25, 0.3) is 0 Å². The molecule has 1 aromatic rings. The van der Waals surface area contributed by atoms with Crippen molar-refractivity contribution >= 4 is 17.6 Å². The van der Waals surface area contributed by atoms with Gasteiger partial charge in [-0.05, 0) is 12.1 Å². The SMILES string of the molecule is O=C(O)/C=C\C(=O)Nc1ccc2c(c1)OCO2. The van der Waals surface area contributed by atoms with Crippen molar-refractivity contribution in [2.75, 3.05) is 12.1 Å². The second-order valence-corrected chi connectivity index (χ2v) is 3.23. The van der Waals surface area contributed by atoms with E-state index in [2.05, 4.69) is 5.32 Å². The van der Waals surface area contributed by atoms with Crippen LogP contribution in [0, 0.1) is 0 Å². The molecular formula is C11H9NO5. The summed E-state index contributed by atoms with van der Waals surface area (Å²) < 4.78 is 10.2. The summed E-state index contributed by atoms with van der Waals surface area (Å²) >= 11 is 0. The number of nitrogens with one attached hydrogen (secondary N) is 1. The van der Waals surface area contributed by atoms with Gasteiger partial charge in [-0.15, -0.1) is 0 Å². The molecule has 88 valence electrons. The summed E-state index contributed by atoms with van der Waals surface area (Å²) in [6.45, 7) is 0.158. The summed E-state index contributed by atoms with van der Waals surface area (Å²) in [5.41, 5.74) is 0.509. The molecule has 2 N–H and O–H groups in total. The Balaban J connectivity index is 2.04. The maximum absolute atomic E-state index is 11.3. The molecule has 0 aromatic heterocycles. The number of carbonyl (C=O) groups excluding carboxylic acids is 1. The molecule has 0 saturated carbocycles. The fourth-order valence-electron chi connectivity index (χ4n) is 1.31. The van der Waals surface area contributed by atoms with Crippen LogP contribution in [0.4, 0.5) is 5.69 Å². The van der Waals surface area contributed by atoms with Gasteiger partial charge in [0, 0.05) is 23.9 Å². The summed E-state index contributed by atoms with van der Waals surface area (Å²) in [4.78, 5) is 21.5. The van der Waals surface area contributed by atoms with Crippen LogP contribution in [0.2, 0.25) is 0 Å². The molecule has 17 heavy (non-hydrogen) atoms. The predicted octanol–water partition coefficient (Wildman–Crippen LogP) is 0.995. The van der Waals surface area contributed by atoms with E-state index in [-0.39, 0.29) is 6.79 Å². The smallest absolute Gasteiger partial charge is 0.328 e. The number of aliphatic carboxylic acids is 1. The first-order chi connectivity index (χ1) is 8.15. The number of benzene rings is 1. The van der Waals surface area contributed by atoms with E-state index in [0.717, 1.165) is 12.2 Å². The fourth-order valence-corrected chi connectivity index (χ4v) is 1.31. The van der Waals surface area contributed by atoms with Gasteiger partial charge in [0.15, 0.2) is 11.5 Å². The third kappa shape index (κ3) is 2.75. The average Bonchev–Trinajstić information content (AvgIpc) is 2.73. The monoisotopic (exact) mass is 235 g/mol. The van der Waals surface area contributed by atoms with Crippen LogP contribution >= 0.6 is 0 Å². The van der Waals surface area contributed by atoms with Crippen LogP contribution in [0.3, 0.4) is 0 Å². The van der Waals surface area contributed by atoms with Gasteiger partial charge in [-0.2, -0.15) is 0 Å². The van der Waals surface area contributed by atoms with E-state index < -0.39 is 11.9 Å². The van der Waals surface area contributed by atoms with Gasteiger partial charge in [-0.3, -0.25) is 4.79 Å². The first kappa shape index (κ1) is 11.0. The zero-order chi connectivity index (χ0) is 12.3. The summed E-state index contributed by atoms with van der Waals surface area (Å²) in [7, 11) is 0. The minimum Gasteiger partial charge on any atom is -0.478 e. The number of fused-ring (bicyclic) bond motifs is 1. The van der Waals surface area contributed by atoms with E-state index >= 15 is 0 Å². The lowest BCUT2D eigenvalue weighted by Crippen LogP contribution is -2.08. The molecule has 0 unspecified atom stereocenters. The van der Waals surface area contributed by atoms with Gasteiger partial charge in [0.05, 0.1) is 0 Å². The molecule has 6 heteroatoms. The number of carboxylic acids is 1. The normalized spacial score (nSPS) is 12.7. The van der Waals surface area contributed by atoms with E-state index in [1.54, 1.807) is 18.2 Å². The maximum Gasteiger partial charge on any atom is 0.328 e. The first-order valence-corrected chi connectivity index (χ1v) is 4.77. The number of amides is 1. The molecule has 0 radical (unpaired) electrons. The van der Waals surface area contributed by atoms with Gasteiger partial charge in [0.2, 0.25) is 12.7 Å². The van der Waals surface area contributed by atoms with Crippen molar-refractivity contribution in [3.8, 4) is 11.5 Å². The molecule has 0 aliphatic carbocycles. The second-order valence-electron chi connectivity index (χ2n) is 3.23. The minimum absolute atomic E-state index is 0.158. The Morgan fingerprint density at radius 1 is 1.24 bits per heavy atom. The van der Waals surface area contributed by atoms with Crippen LogP contribution in [0.15, 0.2) is 30.4 Å². The third-order valence-electron chi connectivity index (χ3n) is 2.02. The number of rotatable bonds is 3. The molecule has 1 amide bonds. The summed E-state index contributed by atoms with van der Waals surface area (Å²) in [6.07, 6.45) is 1.70. The number of anilines is 1. The molecule has 1 aromatic carbocycles. The van der Waals surface area contributed by atoms with Crippen LogP contribution < -0.4 is 14.8 Å². The van der Waals surface area contributed by atoms with Crippen molar-refractivity contribution in [2.24, 2.45) is 0 Å². The van der Waals surface area contributed by atoms with Crippen molar-refractivity contribution in [1.82, 2.24) is 0 Å². The number of carboxylic acid groups (broad SMARTS) is 1. The number of hydrogen-bond acceptors (Lipinski definition) is 4. The van der Waals surface area contributed by atoms with Gasteiger partial charge in [-0.25, -0.2) is 4.79 Å². The standard InChI is InChI=1S/C11H9NO5/c13-10(3-4-11(14)15)12-7-1-2-8-9(5-7)17-6-16-8/h1-5H,6H2,(H,12,13)(H,14,15)/b4-3-. The minimum atomic E-state index is -1.18. The Labute approximate surface area is 96.5 Å². The van der Waals surface area contributed by atoms with Crippen molar-refractivity contribution in [3.63, 3.8) is 0 Å². The van der Waals surface area contributed by atoms with Gasteiger partial charge in [-0.1, -0.05) is 0 Å². The van der Waals surface area contributed by atoms with Gasteiger partial charge in [0.1, 0.15) is 0 Å². The van der Waals surface area contributed by atoms with Crippen molar-refractivity contribution < 1.29 is 24.2 Å². The van der Waals surface area contributed by atoms with Gasteiger partial charge >= 0.3 is 5.97 Å². The third-order valence-corrected chi connectivity index (χ3v) is 2.02. The molecule has 0 fully saturated rings. The summed E-state index contributed by atoms with van der Waals surface area (Å²) in [5.74, 6) is -0.536. The van der Waals surface area contributed by atoms with Crippen molar-refractivity contribution in [1.29, 1.82) is 0 Å². The highest BCUT2D eigenvalue weighted by atomic mass is 16.7. The van der Waals surface area contributed by atoms with Crippen molar-refractivity contribution in [3.05, 3.63) is 30.4 Å². The lowest BCUT2D eigenvalue weighted by molar-refractivity contribution is -0.131. The van der Waals surface area contributed by atoms with Crippen LogP contribution in [0.5, 0.6) is 11.5 Å². The first-order valence-electron chi connectivity index (χ1n) is 4.77. The summed E-state index contributed by atoms with van der Waals surface area (Å²) in [5, 5.41) is 10.9. The van der Waals surface area contributed by atoms with Crippen LogP contribution in [0.1, 0.15) is 0 Å². The Morgan fingerprint density at radius 2 is 2.00 bits per heavy atom. The Bertz CT molecular complexity index is 495. The maximum atomic E-state index is 11.3. The van der Waals surface area contributed by atoms with Gasteiger partial charge < -0.3 is 19.9 Å². The van der Waals surface area contributed by atoms with E-state index in [9.17, 15) is 9.59 Å². The molecule has 1 aliphatic heterocycles. The lowest BCUT2D eigenvalue weighted by atomic mass is 10.2. The Hall–Kier alpha value is -2.50. The molecule has 0 spiro atoms. The summed E-state index contributed by atoms with van der Waals surface area (Å²) in [6, 6.07) is 4.91. The molecule has 2 rings (SSSR count). The second kappa shape index (κ2) is 4.56. The number of carbonyl (C=O) groups is 2.